The monoisotopic (exact) mass is 450 g/mol. The van der Waals surface area contributed by atoms with Gasteiger partial charge in [-0.3, -0.25) is 0 Å². The average molecular weight is 451 g/mol. The van der Waals surface area contributed by atoms with Crippen LogP contribution in [-0.2, 0) is 16.4 Å². The van der Waals surface area contributed by atoms with Crippen molar-refractivity contribution in [1.29, 1.82) is 0 Å². The lowest BCUT2D eigenvalue weighted by Crippen LogP contribution is -2.26. The summed E-state index contributed by atoms with van der Waals surface area (Å²) >= 11 is 3.30. The number of hydrogen-bond donors (Lipinski definition) is 1. The normalized spacial score (nSPS) is 11.5. The van der Waals surface area contributed by atoms with E-state index in [1.54, 1.807) is 25.3 Å². The highest BCUT2D eigenvalue weighted by Gasteiger charge is 2.17. The molecule has 0 aliphatic carbocycles. The molecule has 1 aromatic heterocycles. The van der Waals surface area contributed by atoms with Gasteiger partial charge in [0.15, 0.2) is 0 Å². The Balaban J connectivity index is 1.63. The number of sulfonamides is 1. The van der Waals surface area contributed by atoms with E-state index in [0.29, 0.717) is 22.5 Å². The van der Waals surface area contributed by atoms with E-state index in [1.165, 1.54) is 6.26 Å². The summed E-state index contributed by atoms with van der Waals surface area (Å²) in [5.41, 5.74) is 2.48. The van der Waals surface area contributed by atoms with E-state index in [-0.39, 0.29) is 11.4 Å². The highest BCUT2D eigenvalue weighted by atomic mass is 79.9. The Morgan fingerprint density at radius 2 is 1.93 bits per heavy atom. The summed E-state index contributed by atoms with van der Waals surface area (Å²) in [4.78, 5) is 4.62. The van der Waals surface area contributed by atoms with Crippen LogP contribution in [0.1, 0.15) is 11.3 Å². The highest BCUT2D eigenvalue weighted by Crippen LogP contribution is 2.23. The van der Waals surface area contributed by atoms with Crippen LogP contribution in [0.25, 0.3) is 11.5 Å². The number of rotatable bonds is 7. The van der Waals surface area contributed by atoms with Crippen LogP contribution in [0.5, 0.6) is 5.75 Å². The molecule has 3 rings (SSSR count). The largest absolute Gasteiger partial charge is 0.497 e. The first kappa shape index (κ1) is 19.6. The van der Waals surface area contributed by atoms with Gasteiger partial charge < -0.3 is 9.15 Å². The molecule has 142 valence electrons. The van der Waals surface area contributed by atoms with Crippen molar-refractivity contribution in [1.82, 2.24) is 9.71 Å². The number of nitrogens with one attached hydrogen (secondary N) is 1. The summed E-state index contributed by atoms with van der Waals surface area (Å²) in [6.45, 7) is 2.12. The van der Waals surface area contributed by atoms with Gasteiger partial charge in [0.05, 0.1) is 17.7 Å². The van der Waals surface area contributed by atoms with Gasteiger partial charge in [-0.2, -0.15) is 0 Å². The van der Waals surface area contributed by atoms with Crippen LogP contribution < -0.4 is 9.46 Å². The molecule has 1 heterocycles. The van der Waals surface area contributed by atoms with Crippen molar-refractivity contribution >= 4 is 26.0 Å². The fraction of sp³-hybridized carbons (Fsp3) is 0.211. The van der Waals surface area contributed by atoms with E-state index in [2.05, 4.69) is 25.6 Å². The summed E-state index contributed by atoms with van der Waals surface area (Å²) in [6.07, 6.45) is 1.96. The Bertz CT molecular complexity index is 1030. The molecule has 0 amide bonds. The first-order valence-corrected chi connectivity index (χ1v) is 10.5. The van der Waals surface area contributed by atoms with Crippen molar-refractivity contribution in [3.63, 3.8) is 0 Å². The van der Waals surface area contributed by atoms with Crippen LogP contribution in [0.4, 0.5) is 0 Å². The van der Waals surface area contributed by atoms with Crippen molar-refractivity contribution in [3.05, 3.63) is 64.5 Å². The number of halogens is 1. The van der Waals surface area contributed by atoms with Crippen LogP contribution in [0.2, 0.25) is 0 Å². The number of methoxy groups -OCH3 is 1. The van der Waals surface area contributed by atoms with Crippen LogP contribution in [0, 0.1) is 6.92 Å². The lowest BCUT2D eigenvalue weighted by molar-refractivity contribution is 0.415. The molecule has 3 aromatic rings. The topological polar surface area (TPSA) is 81.4 Å². The van der Waals surface area contributed by atoms with Gasteiger partial charge in [-0.05, 0) is 64.8 Å². The molecule has 0 bridgehead atoms. The maximum absolute atomic E-state index is 12.4. The van der Waals surface area contributed by atoms with Crippen molar-refractivity contribution in [3.8, 4) is 17.2 Å². The van der Waals surface area contributed by atoms with Crippen molar-refractivity contribution in [2.45, 2.75) is 18.2 Å². The minimum absolute atomic E-state index is 0.215. The maximum atomic E-state index is 12.4. The summed E-state index contributed by atoms with van der Waals surface area (Å²) in [5.74, 6) is 1.24. The molecule has 0 fully saturated rings. The van der Waals surface area contributed by atoms with Gasteiger partial charge in [0.1, 0.15) is 12.0 Å². The molecule has 6 nitrogen and oxygen atoms in total. The molecular formula is C19H19BrN2O4S. The molecule has 8 heteroatoms. The Labute approximate surface area is 166 Å². The quantitative estimate of drug-likeness (QED) is 0.589. The molecule has 0 aliphatic heterocycles. The lowest BCUT2D eigenvalue weighted by Gasteiger charge is -2.08. The number of benzene rings is 2. The van der Waals surface area contributed by atoms with Gasteiger partial charge in [-0.15, -0.1) is 0 Å². The van der Waals surface area contributed by atoms with Crippen LogP contribution in [0.15, 0.2) is 62.5 Å². The van der Waals surface area contributed by atoms with E-state index >= 15 is 0 Å². The van der Waals surface area contributed by atoms with E-state index < -0.39 is 10.0 Å². The molecule has 27 heavy (non-hydrogen) atoms. The molecule has 0 saturated heterocycles. The summed E-state index contributed by atoms with van der Waals surface area (Å²) in [5, 5.41) is 0. The van der Waals surface area contributed by atoms with Gasteiger partial charge >= 0.3 is 0 Å². The number of oxazole rings is 1. The minimum Gasteiger partial charge on any atom is -0.497 e. The van der Waals surface area contributed by atoms with E-state index in [0.717, 1.165) is 16.9 Å². The van der Waals surface area contributed by atoms with Gasteiger partial charge in [0.2, 0.25) is 15.9 Å². The molecule has 0 atom stereocenters. The van der Waals surface area contributed by atoms with Gasteiger partial charge in [-0.1, -0.05) is 6.07 Å². The summed E-state index contributed by atoms with van der Waals surface area (Å²) in [7, 11) is -1.99. The van der Waals surface area contributed by atoms with E-state index in [1.807, 2.05) is 31.2 Å². The predicted molar refractivity (Wildman–Crippen MR) is 106 cm³/mol. The van der Waals surface area contributed by atoms with Crippen molar-refractivity contribution in [2.24, 2.45) is 0 Å². The molecule has 2 aromatic carbocycles. The fourth-order valence-electron chi connectivity index (χ4n) is 2.50. The zero-order valence-electron chi connectivity index (χ0n) is 14.9. The van der Waals surface area contributed by atoms with Gasteiger partial charge in [0.25, 0.3) is 0 Å². The first-order chi connectivity index (χ1) is 12.9. The number of nitrogens with zero attached hydrogens (tertiary/aromatic N) is 1. The van der Waals surface area contributed by atoms with E-state index in [9.17, 15) is 8.42 Å². The average Bonchev–Trinajstić information content (AvgIpc) is 3.10. The SMILES string of the molecule is COc1ccc(-c2nc(CCNS(=O)(=O)c3ccc(C)cc3Br)co2)cc1. The number of ether oxygens (including phenoxy) is 1. The minimum atomic E-state index is -3.60. The zero-order chi connectivity index (χ0) is 19.4. The molecule has 0 saturated carbocycles. The first-order valence-electron chi connectivity index (χ1n) is 8.24. The van der Waals surface area contributed by atoms with Crippen LogP contribution >= 0.6 is 15.9 Å². The predicted octanol–water partition coefficient (Wildman–Crippen LogP) is 3.94. The third kappa shape index (κ3) is 4.77. The summed E-state index contributed by atoms with van der Waals surface area (Å²) < 4.78 is 38.6. The Kier molecular flexibility index (Phi) is 5.98. The Morgan fingerprint density at radius 3 is 2.59 bits per heavy atom. The maximum Gasteiger partial charge on any atom is 0.241 e. The molecule has 0 unspecified atom stereocenters. The van der Waals surface area contributed by atoms with E-state index in [4.69, 9.17) is 9.15 Å². The molecule has 0 spiro atoms. The van der Waals surface area contributed by atoms with Gasteiger partial charge in [0, 0.05) is 23.0 Å². The molecular weight excluding hydrogens is 432 g/mol. The third-order valence-corrected chi connectivity index (χ3v) is 6.38. The second kappa shape index (κ2) is 8.24. The molecule has 0 aliphatic rings. The number of aryl methyl sites for hydroxylation is 1. The summed E-state index contributed by atoms with van der Waals surface area (Å²) in [6, 6.07) is 12.5. The lowest BCUT2D eigenvalue weighted by atomic mass is 10.2. The van der Waals surface area contributed by atoms with Gasteiger partial charge in [-0.25, -0.2) is 18.1 Å². The van der Waals surface area contributed by atoms with Crippen molar-refractivity contribution in [2.75, 3.05) is 13.7 Å². The molecule has 1 N–H and O–H groups in total. The Morgan fingerprint density at radius 1 is 1.19 bits per heavy atom. The second-order valence-corrected chi connectivity index (χ2v) is 8.54. The number of aromatic nitrogens is 1. The van der Waals surface area contributed by atoms with Crippen LogP contribution in [-0.4, -0.2) is 27.1 Å². The van der Waals surface area contributed by atoms with Crippen molar-refractivity contribution < 1.29 is 17.6 Å². The smallest absolute Gasteiger partial charge is 0.241 e. The number of hydrogen-bond acceptors (Lipinski definition) is 5. The standard InChI is InChI=1S/C19H19BrN2O4S/c1-13-3-8-18(17(20)11-13)27(23,24)21-10-9-15-12-26-19(22-15)14-4-6-16(25-2)7-5-14/h3-8,11-12,21H,9-10H2,1-2H3. The Hall–Kier alpha value is -2.16. The van der Waals surface area contributed by atoms with Crippen LogP contribution in [0.3, 0.4) is 0 Å². The highest BCUT2D eigenvalue weighted by molar-refractivity contribution is 9.10. The second-order valence-electron chi connectivity index (χ2n) is 5.95. The third-order valence-electron chi connectivity index (χ3n) is 3.94. The zero-order valence-corrected chi connectivity index (χ0v) is 17.3. The molecule has 0 radical (unpaired) electrons. The fourth-order valence-corrected chi connectivity index (χ4v) is 4.72.